The summed E-state index contributed by atoms with van der Waals surface area (Å²) in [6.45, 7) is 4.83. The normalized spacial score (nSPS) is 12.4. The predicted octanol–water partition coefficient (Wildman–Crippen LogP) is 3.63. The summed E-state index contributed by atoms with van der Waals surface area (Å²) in [6.07, 6.45) is 1.02. The van der Waals surface area contributed by atoms with Crippen molar-refractivity contribution in [2.24, 2.45) is 0 Å². The van der Waals surface area contributed by atoms with Gasteiger partial charge in [0.1, 0.15) is 11.6 Å². The lowest BCUT2D eigenvalue weighted by molar-refractivity contribution is 0.312. The molecular weight excluding hydrogens is 249 g/mol. The highest BCUT2D eigenvalue weighted by molar-refractivity contribution is 7.99. The number of ether oxygens (including phenoxy) is 1. The molecule has 0 bridgehead atoms. The Balaban J connectivity index is 2.58. The Morgan fingerprint density at radius 2 is 2.22 bits per heavy atom. The van der Waals surface area contributed by atoms with Crippen LogP contribution < -0.4 is 10.1 Å². The van der Waals surface area contributed by atoms with Gasteiger partial charge in [-0.15, -0.1) is 0 Å². The molecule has 1 aromatic carbocycles. The fourth-order valence-corrected chi connectivity index (χ4v) is 2.24. The second-order valence-corrected chi connectivity index (χ2v) is 5.49. The number of benzene rings is 1. The predicted molar refractivity (Wildman–Crippen MR) is 77.0 cm³/mol. The molecule has 1 aromatic rings. The quantitative estimate of drug-likeness (QED) is 0.730. The fourth-order valence-electron chi connectivity index (χ4n) is 1.63. The van der Waals surface area contributed by atoms with E-state index in [1.807, 2.05) is 25.7 Å². The Hall–Kier alpha value is -0.740. The molecule has 1 unspecified atom stereocenters. The van der Waals surface area contributed by atoms with Crippen molar-refractivity contribution in [1.82, 2.24) is 5.32 Å². The third-order valence-corrected chi connectivity index (χ3v) is 3.75. The van der Waals surface area contributed by atoms with Crippen LogP contribution in [0, 0.1) is 5.82 Å². The third-order valence-electron chi connectivity index (χ3n) is 2.77. The maximum Gasteiger partial charge on any atom is 0.124 e. The van der Waals surface area contributed by atoms with E-state index in [0.29, 0.717) is 6.61 Å². The Labute approximate surface area is 113 Å². The maximum atomic E-state index is 13.2. The average Bonchev–Trinajstić information content (AvgIpc) is 2.39. The van der Waals surface area contributed by atoms with E-state index < -0.39 is 0 Å². The molecule has 102 valence electrons. The monoisotopic (exact) mass is 271 g/mol. The molecule has 0 amide bonds. The van der Waals surface area contributed by atoms with Crippen LogP contribution in [0.25, 0.3) is 0 Å². The fraction of sp³-hybridized carbons (Fsp3) is 0.571. The number of hydrogen-bond donors (Lipinski definition) is 1. The van der Waals surface area contributed by atoms with E-state index >= 15 is 0 Å². The van der Waals surface area contributed by atoms with Crippen LogP contribution in [0.2, 0.25) is 0 Å². The summed E-state index contributed by atoms with van der Waals surface area (Å²) in [5.74, 6) is 2.80. The van der Waals surface area contributed by atoms with E-state index in [1.165, 1.54) is 12.1 Å². The van der Waals surface area contributed by atoms with Crippen molar-refractivity contribution in [3.63, 3.8) is 0 Å². The van der Waals surface area contributed by atoms with Crippen molar-refractivity contribution < 1.29 is 9.13 Å². The Kier molecular flexibility index (Phi) is 7.13. The Bertz CT molecular complexity index is 360. The SMILES string of the molecule is CCSCCCOc1ccc(F)cc1C(C)NC. The lowest BCUT2D eigenvalue weighted by Crippen LogP contribution is -2.14. The minimum Gasteiger partial charge on any atom is -0.493 e. The van der Waals surface area contributed by atoms with Crippen molar-refractivity contribution in [2.75, 3.05) is 25.2 Å². The number of rotatable bonds is 8. The molecule has 1 rings (SSSR count). The summed E-state index contributed by atoms with van der Waals surface area (Å²) in [6, 6.07) is 4.78. The molecule has 4 heteroatoms. The van der Waals surface area contributed by atoms with Gasteiger partial charge in [-0.05, 0) is 50.1 Å². The standard InChI is InChI=1S/C14H22FNOS/c1-4-18-9-5-8-17-14-7-6-12(15)10-13(14)11(2)16-3/h6-7,10-11,16H,4-5,8-9H2,1-3H3. The largest absolute Gasteiger partial charge is 0.493 e. The van der Waals surface area contributed by atoms with E-state index in [2.05, 4.69) is 12.2 Å². The number of nitrogens with one attached hydrogen (secondary N) is 1. The highest BCUT2D eigenvalue weighted by atomic mass is 32.2. The summed E-state index contributed by atoms with van der Waals surface area (Å²) < 4.78 is 19.0. The highest BCUT2D eigenvalue weighted by Gasteiger charge is 2.11. The number of hydrogen-bond acceptors (Lipinski definition) is 3. The molecule has 0 spiro atoms. The zero-order valence-electron chi connectivity index (χ0n) is 11.3. The molecule has 0 aromatic heterocycles. The molecule has 1 N–H and O–H groups in total. The van der Waals surface area contributed by atoms with Crippen molar-refractivity contribution in [1.29, 1.82) is 0 Å². The van der Waals surface area contributed by atoms with Gasteiger partial charge in [-0.1, -0.05) is 6.92 Å². The minimum atomic E-state index is -0.221. The summed E-state index contributed by atoms with van der Waals surface area (Å²) >= 11 is 1.91. The molecular formula is C14H22FNOS. The van der Waals surface area contributed by atoms with Crippen LogP contribution in [-0.2, 0) is 0 Å². The molecule has 0 saturated carbocycles. The second kappa shape index (κ2) is 8.38. The van der Waals surface area contributed by atoms with Gasteiger partial charge in [0.05, 0.1) is 6.61 Å². The molecule has 0 heterocycles. The minimum absolute atomic E-state index is 0.0840. The van der Waals surface area contributed by atoms with Crippen molar-refractivity contribution in [2.45, 2.75) is 26.3 Å². The lowest BCUT2D eigenvalue weighted by atomic mass is 10.1. The molecule has 0 saturated heterocycles. The van der Waals surface area contributed by atoms with E-state index in [-0.39, 0.29) is 11.9 Å². The molecule has 0 fully saturated rings. The highest BCUT2D eigenvalue weighted by Crippen LogP contribution is 2.26. The molecule has 0 radical (unpaired) electrons. The first kappa shape index (κ1) is 15.3. The average molecular weight is 271 g/mol. The first-order valence-electron chi connectivity index (χ1n) is 6.36. The molecule has 2 nitrogen and oxygen atoms in total. The number of thioether (sulfide) groups is 1. The second-order valence-electron chi connectivity index (χ2n) is 4.09. The van der Waals surface area contributed by atoms with E-state index in [0.717, 1.165) is 29.2 Å². The van der Waals surface area contributed by atoms with Crippen LogP contribution in [0.1, 0.15) is 31.9 Å². The maximum absolute atomic E-state index is 13.2. The van der Waals surface area contributed by atoms with Gasteiger partial charge in [0.25, 0.3) is 0 Å². The van der Waals surface area contributed by atoms with Crippen LogP contribution >= 0.6 is 11.8 Å². The molecule has 0 aliphatic carbocycles. The van der Waals surface area contributed by atoms with Gasteiger partial charge >= 0.3 is 0 Å². The molecule has 0 aliphatic heterocycles. The van der Waals surface area contributed by atoms with Crippen molar-refractivity contribution in [3.8, 4) is 5.75 Å². The zero-order chi connectivity index (χ0) is 13.4. The summed E-state index contributed by atoms with van der Waals surface area (Å²) in [5, 5.41) is 3.11. The Morgan fingerprint density at radius 3 is 2.89 bits per heavy atom. The van der Waals surface area contributed by atoms with Gasteiger partial charge in [-0.2, -0.15) is 11.8 Å². The molecule has 0 aliphatic rings. The van der Waals surface area contributed by atoms with Crippen LogP contribution in [-0.4, -0.2) is 25.2 Å². The zero-order valence-corrected chi connectivity index (χ0v) is 12.1. The summed E-state index contributed by atoms with van der Waals surface area (Å²) in [4.78, 5) is 0. The molecule has 18 heavy (non-hydrogen) atoms. The third kappa shape index (κ3) is 4.86. The summed E-state index contributed by atoms with van der Waals surface area (Å²) in [5.41, 5.74) is 0.876. The first-order chi connectivity index (χ1) is 8.69. The van der Waals surface area contributed by atoms with Crippen LogP contribution in [0.5, 0.6) is 5.75 Å². The van der Waals surface area contributed by atoms with Crippen LogP contribution in [0.4, 0.5) is 4.39 Å². The van der Waals surface area contributed by atoms with Gasteiger partial charge in [0.15, 0.2) is 0 Å². The van der Waals surface area contributed by atoms with Gasteiger partial charge in [0, 0.05) is 11.6 Å². The van der Waals surface area contributed by atoms with Crippen molar-refractivity contribution >= 4 is 11.8 Å². The van der Waals surface area contributed by atoms with E-state index in [4.69, 9.17) is 4.74 Å². The topological polar surface area (TPSA) is 21.3 Å². The van der Waals surface area contributed by atoms with Gasteiger partial charge in [-0.25, -0.2) is 4.39 Å². The van der Waals surface area contributed by atoms with Gasteiger partial charge in [0.2, 0.25) is 0 Å². The lowest BCUT2D eigenvalue weighted by Gasteiger charge is -2.16. The molecule has 1 atom stereocenters. The van der Waals surface area contributed by atoms with Gasteiger partial charge in [-0.3, -0.25) is 0 Å². The number of halogens is 1. The van der Waals surface area contributed by atoms with Crippen LogP contribution in [0.15, 0.2) is 18.2 Å². The van der Waals surface area contributed by atoms with Gasteiger partial charge < -0.3 is 10.1 Å². The van der Waals surface area contributed by atoms with Crippen molar-refractivity contribution in [3.05, 3.63) is 29.6 Å². The Morgan fingerprint density at radius 1 is 1.44 bits per heavy atom. The smallest absolute Gasteiger partial charge is 0.124 e. The summed E-state index contributed by atoms with van der Waals surface area (Å²) in [7, 11) is 1.86. The first-order valence-corrected chi connectivity index (χ1v) is 7.51. The van der Waals surface area contributed by atoms with E-state index in [9.17, 15) is 4.39 Å². The van der Waals surface area contributed by atoms with E-state index in [1.54, 1.807) is 6.07 Å². The van der Waals surface area contributed by atoms with Crippen LogP contribution in [0.3, 0.4) is 0 Å².